The van der Waals surface area contributed by atoms with E-state index in [1.807, 2.05) is 38.1 Å². The minimum absolute atomic E-state index is 0.00796. The first-order valence-corrected chi connectivity index (χ1v) is 7.65. The zero-order valence-electron chi connectivity index (χ0n) is 11.1. The number of halogens is 1. The van der Waals surface area contributed by atoms with Gasteiger partial charge >= 0.3 is 0 Å². The number of aromatic amines is 1. The summed E-state index contributed by atoms with van der Waals surface area (Å²) in [5, 5.41) is 10.5. The molecule has 0 radical (unpaired) electrons. The molecule has 1 aliphatic rings. The van der Waals surface area contributed by atoms with Gasteiger partial charge in [-0.25, -0.2) is 0 Å². The van der Waals surface area contributed by atoms with Crippen LogP contribution in [0.4, 0.5) is 5.82 Å². The molecule has 0 saturated carbocycles. The number of rotatable bonds is 1. The molecule has 6 heteroatoms. The molecule has 2 aromatic rings. The number of carbonyl (C=O) groups excluding carboxylic acids is 1. The Hall–Kier alpha value is -1.46. The van der Waals surface area contributed by atoms with Crippen LogP contribution in [0.3, 0.4) is 0 Å². The Morgan fingerprint density at radius 1 is 1.35 bits per heavy atom. The number of carbonyl (C=O) groups is 1. The standard InChI is InChI=1S/C14H14ClN3OS/c1-7-11-12(9-5-3-4-6-10(9)15)20-8(2)14(19)16-13(11)18-17-7/h3-6,8,12H,1-2H3,(H2,16,17,18,19)/t8-,12+/m0/s1. The molecule has 0 spiro atoms. The van der Waals surface area contributed by atoms with Crippen LogP contribution in [0.1, 0.15) is 29.0 Å². The number of hydrogen-bond donors (Lipinski definition) is 2. The van der Waals surface area contributed by atoms with Crippen LogP contribution in [-0.4, -0.2) is 21.4 Å². The van der Waals surface area contributed by atoms with E-state index in [9.17, 15) is 4.79 Å². The lowest BCUT2D eigenvalue weighted by Gasteiger charge is -2.18. The van der Waals surface area contributed by atoms with Crippen LogP contribution in [0.2, 0.25) is 5.02 Å². The number of thioether (sulfide) groups is 1. The van der Waals surface area contributed by atoms with Crippen molar-refractivity contribution in [1.82, 2.24) is 10.2 Å². The number of nitrogens with one attached hydrogen (secondary N) is 2. The third-order valence-electron chi connectivity index (χ3n) is 3.40. The first kappa shape index (κ1) is 13.5. The zero-order chi connectivity index (χ0) is 14.3. The second-order valence-corrected chi connectivity index (χ2v) is 6.64. The highest BCUT2D eigenvalue weighted by Gasteiger charge is 2.32. The number of H-pyrrole nitrogens is 1. The summed E-state index contributed by atoms with van der Waals surface area (Å²) in [6.07, 6.45) is 0. The Morgan fingerprint density at radius 2 is 2.10 bits per heavy atom. The molecule has 0 unspecified atom stereocenters. The molecule has 0 bridgehead atoms. The maximum atomic E-state index is 12.0. The van der Waals surface area contributed by atoms with E-state index < -0.39 is 0 Å². The number of hydrogen-bond acceptors (Lipinski definition) is 3. The lowest BCUT2D eigenvalue weighted by molar-refractivity contribution is -0.115. The number of aromatic nitrogens is 2. The van der Waals surface area contributed by atoms with E-state index in [-0.39, 0.29) is 16.4 Å². The normalized spacial score (nSPS) is 22.1. The molecule has 1 amide bonds. The molecule has 1 aromatic heterocycles. The van der Waals surface area contributed by atoms with Crippen LogP contribution in [0, 0.1) is 6.92 Å². The van der Waals surface area contributed by atoms with E-state index in [4.69, 9.17) is 11.6 Å². The number of anilines is 1. The maximum Gasteiger partial charge on any atom is 0.238 e. The summed E-state index contributed by atoms with van der Waals surface area (Å²) in [7, 11) is 0. The van der Waals surface area contributed by atoms with Crippen molar-refractivity contribution < 1.29 is 4.79 Å². The Kier molecular flexibility index (Phi) is 3.48. The molecule has 0 aliphatic carbocycles. The van der Waals surface area contributed by atoms with Crippen molar-refractivity contribution in [3.63, 3.8) is 0 Å². The molecular weight excluding hydrogens is 294 g/mol. The molecule has 3 rings (SSSR count). The second-order valence-electron chi connectivity index (χ2n) is 4.78. The highest BCUT2D eigenvalue weighted by molar-refractivity contribution is 8.01. The van der Waals surface area contributed by atoms with Gasteiger partial charge in [-0.3, -0.25) is 9.89 Å². The van der Waals surface area contributed by atoms with Gasteiger partial charge in [0.25, 0.3) is 0 Å². The third-order valence-corrected chi connectivity index (χ3v) is 5.12. The lowest BCUT2D eigenvalue weighted by atomic mass is 10.0. The van der Waals surface area contributed by atoms with Gasteiger partial charge in [0.15, 0.2) is 5.82 Å². The van der Waals surface area contributed by atoms with Gasteiger partial charge in [-0.15, -0.1) is 11.8 Å². The number of nitrogens with zero attached hydrogens (tertiary/aromatic N) is 1. The Labute approximate surface area is 126 Å². The fourth-order valence-corrected chi connectivity index (χ4v) is 4.00. The van der Waals surface area contributed by atoms with Crippen LogP contribution in [-0.2, 0) is 4.79 Å². The molecule has 0 saturated heterocycles. The van der Waals surface area contributed by atoms with Crippen molar-refractivity contribution in [2.45, 2.75) is 24.3 Å². The van der Waals surface area contributed by atoms with Crippen molar-refractivity contribution in [3.8, 4) is 0 Å². The average molecular weight is 308 g/mol. The van der Waals surface area contributed by atoms with Crippen LogP contribution >= 0.6 is 23.4 Å². The molecule has 2 heterocycles. The van der Waals surface area contributed by atoms with Crippen molar-refractivity contribution >= 4 is 35.1 Å². The number of amides is 1. The fraction of sp³-hybridized carbons (Fsp3) is 0.286. The van der Waals surface area contributed by atoms with Crippen LogP contribution < -0.4 is 5.32 Å². The van der Waals surface area contributed by atoms with Crippen molar-refractivity contribution in [3.05, 3.63) is 46.1 Å². The molecule has 20 heavy (non-hydrogen) atoms. The van der Waals surface area contributed by atoms with Crippen LogP contribution in [0.15, 0.2) is 24.3 Å². The van der Waals surface area contributed by atoms with E-state index in [1.54, 1.807) is 11.8 Å². The zero-order valence-corrected chi connectivity index (χ0v) is 12.7. The SMILES string of the molecule is Cc1[nH]nc2c1[C@@H](c1ccccc1Cl)S[C@@H](C)C(=O)N2. The van der Waals surface area contributed by atoms with Gasteiger partial charge in [0.2, 0.25) is 5.91 Å². The van der Waals surface area contributed by atoms with Gasteiger partial charge in [0.05, 0.1) is 10.5 Å². The molecule has 0 fully saturated rings. The summed E-state index contributed by atoms with van der Waals surface area (Å²) in [6, 6.07) is 7.74. The molecule has 104 valence electrons. The highest BCUT2D eigenvalue weighted by Crippen LogP contribution is 2.46. The lowest BCUT2D eigenvalue weighted by Crippen LogP contribution is -2.21. The monoisotopic (exact) mass is 307 g/mol. The van der Waals surface area contributed by atoms with Crippen LogP contribution in [0.25, 0.3) is 0 Å². The van der Waals surface area contributed by atoms with Gasteiger partial charge in [0.1, 0.15) is 0 Å². The largest absolute Gasteiger partial charge is 0.308 e. The highest BCUT2D eigenvalue weighted by atomic mass is 35.5. The van der Waals surface area contributed by atoms with E-state index >= 15 is 0 Å². The van der Waals surface area contributed by atoms with E-state index in [0.29, 0.717) is 10.8 Å². The summed E-state index contributed by atoms with van der Waals surface area (Å²) in [6.45, 7) is 3.85. The van der Waals surface area contributed by atoms with Gasteiger partial charge in [-0.2, -0.15) is 5.10 Å². The van der Waals surface area contributed by atoms with Gasteiger partial charge < -0.3 is 5.32 Å². The quantitative estimate of drug-likeness (QED) is 0.847. The van der Waals surface area contributed by atoms with Gasteiger partial charge in [0, 0.05) is 16.3 Å². The minimum Gasteiger partial charge on any atom is -0.308 e. The van der Waals surface area contributed by atoms with E-state index in [2.05, 4.69) is 15.5 Å². The smallest absolute Gasteiger partial charge is 0.238 e. The summed E-state index contributed by atoms with van der Waals surface area (Å²) < 4.78 is 0. The number of benzene rings is 1. The summed E-state index contributed by atoms with van der Waals surface area (Å²) in [4.78, 5) is 12.0. The molecule has 4 nitrogen and oxygen atoms in total. The number of aryl methyl sites for hydroxylation is 1. The third kappa shape index (κ3) is 2.21. The summed E-state index contributed by atoms with van der Waals surface area (Å²) >= 11 is 7.92. The molecular formula is C14H14ClN3OS. The molecule has 1 aromatic carbocycles. The molecule has 1 aliphatic heterocycles. The van der Waals surface area contributed by atoms with Gasteiger partial charge in [-0.05, 0) is 25.5 Å². The van der Waals surface area contributed by atoms with Gasteiger partial charge in [-0.1, -0.05) is 29.8 Å². The second kappa shape index (κ2) is 5.14. The van der Waals surface area contributed by atoms with E-state index in [1.165, 1.54) is 0 Å². The Bertz CT molecular complexity index is 670. The molecule has 2 atom stereocenters. The fourth-order valence-electron chi connectivity index (χ4n) is 2.32. The predicted molar refractivity (Wildman–Crippen MR) is 82.3 cm³/mol. The first-order chi connectivity index (χ1) is 9.58. The maximum absolute atomic E-state index is 12.0. The Balaban J connectivity index is 2.16. The molecule has 2 N–H and O–H groups in total. The number of fused-ring (bicyclic) bond motifs is 1. The van der Waals surface area contributed by atoms with Crippen LogP contribution in [0.5, 0.6) is 0 Å². The summed E-state index contributed by atoms with van der Waals surface area (Å²) in [5.41, 5.74) is 2.96. The Morgan fingerprint density at radius 3 is 2.85 bits per heavy atom. The van der Waals surface area contributed by atoms with Crippen molar-refractivity contribution in [2.24, 2.45) is 0 Å². The first-order valence-electron chi connectivity index (χ1n) is 6.33. The predicted octanol–water partition coefficient (Wildman–Crippen LogP) is 3.53. The van der Waals surface area contributed by atoms with E-state index in [0.717, 1.165) is 16.8 Å². The minimum atomic E-state index is -0.162. The summed E-state index contributed by atoms with van der Waals surface area (Å²) in [5.74, 6) is 0.576. The van der Waals surface area contributed by atoms with Crippen molar-refractivity contribution in [1.29, 1.82) is 0 Å². The average Bonchev–Trinajstić information content (AvgIpc) is 2.71. The topological polar surface area (TPSA) is 57.8 Å². The van der Waals surface area contributed by atoms with Crippen molar-refractivity contribution in [2.75, 3.05) is 5.32 Å².